The number of aromatic nitrogens is 2. The second kappa shape index (κ2) is 7.73. The van der Waals surface area contributed by atoms with Crippen molar-refractivity contribution in [2.45, 2.75) is 40.2 Å². The van der Waals surface area contributed by atoms with E-state index in [-0.39, 0.29) is 12.6 Å². The Balaban J connectivity index is 1.82. The molecule has 0 bridgehead atoms. The fraction of sp³-hybridized carbons (Fsp3) is 0.471. The minimum absolute atomic E-state index is 0.0209. The monoisotopic (exact) mass is 302 g/mol. The number of carbonyl (C=O) groups is 1. The predicted octanol–water partition coefficient (Wildman–Crippen LogP) is 3.85. The molecule has 118 valence electrons. The molecule has 0 saturated carbocycles. The molecule has 2 rings (SSSR count). The molecule has 0 radical (unpaired) electrons. The number of rotatable bonds is 7. The van der Waals surface area contributed by atoms with Gasteiger partial charge in [-0.25, -0.2) is 0 Å². The maximum absolute atomic E-state index is 11.8. The SMILES string of the molecule is CC(C)CC(C)CC(=O)OCc1nnc(-c2ccccc2)o1. The maximum atomic E-state index is 11.8. The molecule has 0 amide bonds. The number of esters is 1. The van der Waals surface area contributed by atoms with Gasteiger partial charge >= 0.3 is 5.97 Å². The Kier molecular flexibility index (Phi) is 5.69. The lowest BCUT2D eigenvalue weighted by Gasteiger charge is -2.12. The van der Waals surface area contributed by atoms with Crippen LogP contribution in [0, 0.1) is 11.8 Å². The van der Waals surface area contributed by atoms with Gasteiger partial charge in [-0.05, 0) is 30.4 Å². The van der Waals surface area contributed by atoms with Crippen LogP contribution in [-0.2, 0) is 16.1 Å². The third-order valence-electron chi connectivity index (χ3n) is 3.23. The van der Waals surface area contributed by atoms with Gasteiger partial charge < -0.3 is 9.15 Å². The maximum Gasteiger partial charge on any atom is 0.306 e. The minimum atomic E-state index is -0.229. The van der Waals surface area contributed by atoms with Crippen molar-refractivity contribution in [3.05, 3.63) is 36.2 Å². The van der Waals surface area contributed by atoms with Crippen LogP contribution in [0.3, 0.4) is 0 Å². The lowest BCUT2D eigenvalue weighted by molar-refractivity contribution is -0.146. The highest BCUT2D eigenvalue weighted by Gasteiger charge is 2.14. The van der Waals surface area contributed by atoms with Crippen LogP contribution in [0.5, 0.6) is 0 Å². The summed E-state index contributed by atoms with van der Waals surface area (Å²) in [5.74, 6) is 1.40. The zero-order valence-corrected chi connectivity index (χ0v) is 13.3. The summed E-state index contributed by atoms with van der Waals surface area (Å²) in [7, 11) is 0. The summed E-state index contributed by atoms with van der Waals surface area (Å²) in [6.07, 6.45) is 1.42. The van der Waals surface area contributed by atoms with Gasteiger partial charge in [0.2, 0.25) is 5.89 Å². The number of hydrogen-bond acceptors (Lipinski definition) is 5. The summed E-state index contributed by atoms with van der Waals surface area (Å²) in [5, 5.41) is 7.85. The van der Waals surface area contributed by atoms with E-state index < -0.39 is 0 Å². The highest BCUT2D eigenvalue weighted by molar-refractivity contribution is 5.69. The van der Waals surface area contributed by atoms with Crippen molar-refractivity contribution in [1.29, 1.82) is 0 Å². The van der Waals surface area contributed by atoms with Crippen LogP contribution in [0.2, 0.25) is 0 Å². The molecule has 1 aromatic carbocycles. The number of benzene rings is 1. The van der Waals surface area contributed by atoms with Crippen LogP contribution in [0.15, 0.2) is 34.7 Å². The van der Waals surface area contributed by atoms with E-state index in [2.05, 4.69) is 31.0 Å². The van der Waals surface area contributed by atoms with Gasteiger partial charge in [0.15, 0.2) is 6.61 Å². The van der Waals surface area contributed by atoms with Crippen molar-refractivity contribution in [3.8, 4) is 11.5 Å². The number of nitrogens with zero attached hydrogens (tertiary/aromatic N) is 2. The van der Waals surface area contributed by atoms with E-state index in [1.54, 1.807) is 0 Å². The van der Waals surface area contributed by atoms with E-state index in [1.807, 2.05) is 30.3 Å². The van der Waals surface area contributed by atoms with Crippen molar-refractivity contribution in [2.75, 3.05) is 0 Å². The predicted molar refractivity (Wildman–Crippen MR) is 82.8 cm³/mol. The molecule has 1 aromatic heterocycles. The largest absolute Gasteiger partial charge is 0.456 e. The highest BCUT2D eigenvalue weighted by Crippen LogP contribution is 2.18. The molecule has 2 aromatic rings. The summed E-state index contributed by atoms with van der Waals surface area (Å²) in [6, 6.07) is 9.49. The standard InChI is InChI=1S/C17H22N2O3/c1-12(2)9-13(3)10-16(20)21-11-15-18-19-17(22-15)14-7-5-4-6-8-14/h4-8,12-13H,9-11H2,1-3H3. The lowest BCUT2D eigenvalue weighted by Crippen LogP contribution is -2.11. The third kappa shape index (κ3) is 4.98. The van der Waals surface area contributed by atoms with Crippen LogP contribution in [0.1, 0.15) is 39.5 Å². The van der Waals surface area contributed by atoms with E-state index >= 15 is 0 Å². The summed E-state index contributed by atoms with van der Waals surface area (Å²) in [4.78, 5) is 11.8. The van der Waals surface area contributed by atoms with Crippen LogP contribution < -0.4 is 0 Å². The molecule has 0 aliphatic carbocycles. The first-order valence-electron chi connectivity index (χ1n) is 7.58. The van der Waals surface area contributed by atoms with Gasteiger partial charge in [0, 0.05) is 12.0 Å². The van der Waals surface area contributed by atoms with Gasteiger partial charge in [-0.1, -0.05) is 39.0 Å². The Morgan fingerprint density at radius 3 is 2.59 bits per heavy atom. The fourth-order valence-electron chi connectivity index (χ4n) is 2.38. The van der Waals surface area contributed by atoms with Crippen molar-refractivity contribution < 1.29 is 13.9 Å². The molecule has 0 spiro atoms. The smallest absolute Gasteiger partial charge is 0.306 e. The van der Waals surface area contributed by atoms with Gasteiger partial charge in [-0.2, -0.15) is 0 Å². The van der Waals surface area contributed by atoms with E-state index in [9.17, 15) is 4.79 Å². The van der Waals surface area contributed by atoms with Gasteiger partial charge in [0.1, 0.15) is 0 Å². The molecule has 1 heterocycles. The average molecular weight is 302 g/mol. The Morgan fingerprint density at radius 2 is 1.91 bits per heavy atom. The molecule has 1 unspecified atom stereocenters. The number of carbonyl (C=O) groups excluding carboxylic acids is 1. The second-order valence-electron chi connectivity index (χ2n) is 5.97. The lowest BCUT2D eigenvalue weighted by atomic mass is 9.96. The molecule has 0 saturated heterocycles. The zero-order chi connectivity index (χ0) is 15.9. The Labute approximate surface area is 130 Å². The van der Waals surface area contributed by atoms with Crippen molar-refractivity contribution in [1.82, 2.24) is 10.2 Å². The highest BCUT2D eigenvalue weighted by atomic mass is 16.5. The zero-order valence-electron chi connectivity index (χ0n) is 13.3. The van der Waals surface area contributed by atoms with Crippen molar-refractivity contribution in [3.63, 3.8) is 0 Å². The van der Waals surface area contributed by atoms with Gasteiger partial charge in [-0.3, -0.25) is 4.79 Å². The minimum Gasteiger partial charge on any atom is -0.456 e. The summed E-state index contributed by atoms with van der Waals surface area (Å²) in [6.45, 7) is 6.37. The van der Waals surface area contributed by atoms with E-state index in [0.29, 0.717) is 30.0 Å². The quantitative estimate of drug-likeness (QED) is 0.727. The van der Waals surface area contributed by atoms with E-state index in [1.165, 1.54) is 0 Å². The summed E-state index contributed by atoms with van der Waals surface area (Å²) in [5.41, 5.74) is 0.845. The second-order valence-corrected chi connectivity index (χ2v) is 5.97. The number of ether oxygens (including phenoxy) is 1. The Hall–Kier alpha value is -2.17. The third-order valence-corrected chi connectivity index (χ3v) is 3.23. The Morgan fingerprint density at radius 1 is 1.18 bits per heavy atom. The van der Waals surface area contributed by atoms with E-state index in [0.717, 1.165) is 12.0 Å². The van der Waals surface area contributed by atoms with Gasteiger partial charge in [-0.15, -0.1) is 10.2 Å². The average Bonchev–Trinajstić information content (AvgIpc) is 2.94. The fourth-order valence-corrected chi connectivity index (χ4v) is 2.38. The van der Waals surface area contributed by atoms with Crippen molar-refractivity contribution in [2.24, 2.45) is 11.8 Å². The van der Waals surface area contributed by atoms with Crippen LogP contribution >= 0.6 is 0 Å². The molecule has 0 aliphatic heterocycles. The molecular formula is C17H22N2O3. The topological polar surface area (TPSA) is 65.2 Å². The molecule has 1 atom stereocenters. The first-order valence-corrected chi connectivity index (χ1v) is 7.58. The molecule has 0 aliphatic rings. The first kappa shape index (κ1) is 16.2. The number of hydrogen-bond donors (Lipinski definition) is 0. The van der Waals surface area contributed by atoms with Crippen molar-refractivity contribution >= 4 is 5.97 Å². The molecule has 22 heavy (non-hydrogen) atoms. The van der Waals surface area contributed by atoms with Gasteiger partial charge in [0.25, 0.3) is 5.89 Å². The van der Waals surface area contributed by atoms with Gasteiger partial charge in [0.05, 0.1) is 0 Å². The van der Waals surface area contributed by atoms with E-state index in [4.69, 9.17) is 9.15 Å². The Bertz CT molecular complexity index is 593. The molecule has 5 nitrogen and oxygen atoms in total. The molecular weight excluding hydrogens is 280 g/mol. The molecule has 0 N–H and O–H groups in total. The van der Waals surface area contributed by atoms with Crippen LogP contribution in [0.4, 0.5) is 0 Å². The molecule has 5 heteroatoms. The normalized spacial score (nSPS) is 12.4. The molecule has 0 fully saturated rings. The van der Waals surface area contributed by atoms with Crippen LogP contribution in [0.25, 0.3) is 11.5 Å². The van der Waals surface area contributed by atoms with Crippen LogP contribution in [-0.4, -0.2) is 16.2 Å². The summed E-state index contributed by atoms with van der Waals surface area (Å²) >= 11 is 0. The summed E-state index contributed by atoms with van der Waals surface area (Å²) < 4.78 is 10.7. The first-order chi connectivity index (χ1) is 10.5.